The van der Waals surface area contributed by atoms with E-state index in [1.807, 2.05) is 64.1 Å². The zero-order valence-corrected chi connectivity index (χ0v) is 29.7. The Morgan fingerprint density at radius 1 is 0.735 bits per heavy atom. The number of aryl methyl sites for hydroxylation is 4. The third kappa shape index (κ3) is 7.41. The Labute approximate surface area is 290 Å². The predicted octanol–water partition coefficient (Wildman–Crippen LogP) is 8.04. The first-order valence-electron chi connectivity index (χ1n) is 17.8. The fourth-order valence-corrected chi connectivity index (χ4v) is 8.34. The summed E-state index contributed by atoms with van der Waals surface area (Å²) in [4.78, 5) is 37.8. The molecule has 3 N–H and O–H groups in total. The highest BCUT2D eigenvalue weighted by atomic mass is 16.7. The molecule has 0 atom stereocenters. The lowest BCUT2D eigenvalue weighted by Crippen LogP contribution is -2.31. The highest BCUT2D eigenvalue weighted by Crippen LogP contribution is 2.55. The monoisotopic (exact) mass is 672 g/mol. The van der Waals surface area contributed by atoms with Crippen LogP contribution in [-0.2, 0) is 19.1 Å². The lowest BCUT2D eigenvalue weighted by atomic mass is 9.69. The van der Waals surface area contributed by atoms with E-state index in [2.05, 4.69) is 0 Å². The van der Waals surface area contributed by atoms with Crippen molar-refractivity contribution in [3.8, 4) is 0 Å². The summed E-state index contributed by atoms with van der Waals surface area (Å²) in [6.07, 6.45) is 6.46. The Morgan fingerprint density at radius 3 is 1.67 bits per heavy atom. The number of allylic oxidation sites excluding steroid dienone is 4. The Hall–Kier alpha value is -3.75. The van der Waals surface area contributed by atoms with Gasteiger partial charge in [0, 0.05) is 36.9 Å². The third-order valence-corrected chi connectivity index (χ3v) is 11.4. The number of ether oxygens (including phenoxy) is 2. The molecule has 6 rings (SSSR count). The first kappa shape index (κ1) is 36.5. The summed E-state index contributed by atoms with van der Waals surface area (Å²) in [5, 5.41) is 29.6. The number of aliphatic hydroxyl groups is 3. The molecule has 4 aliphatic rings. The molecule has 0 bridgehead atoms. The fourth-order valence-electron chi connectivity index (χ4n) is 8.34. The maximum absolute atomic E-state index is 13.1. The number of carbonyl (C=O) groups is 3. The van der Waals surface area contributed by atoms with Crippen molar-refractivity contribution in [3.63, 3.8) is 0 Å². The number of aliphatic hydroxyl groups excluding tert-OH is 3. The van der Waals surface area contributed by atoms with Gasteiger partial charge in [0.15, 0.2) is 11.6 Å². The average molecular weight is 673 g/mol. The molecule has 0 radical (unpaired) electrons. The zero-order chi connectivity index (χ0) is 35.5. The van der Waals surface area contributed by atoms with Crippen LogP contribution < -0.4 is 0 Å². The van der Waals surface area contributed by atoms with Gasteiger partial charge in [0.2, 0.25) is 0 Å². The maximum atomic E-state index is 13.1. The molecule has 0 aromatic heterocycles. The molecule has 8 heteroatoms. The number of hydrogen-bond donors (Lipinski definition) is 3. The molecule has 49 heavy (non-hydrogen) atoms. The van der Waals surface area contributed by atoms with E-state index >= 15 is 0 Å². The summed E-state index contributed by atoms with van der Waals surface area (Å²) in [7, 11) is 0. The van der Waals surface area contributed by atoms with Crippen LogP contribution in [-0.4, -0.2) is 52.9 Å². The van der Waals surface area contributed by atoms with E-state index < -0.39 is 11.6 Å². The van der Waals surface area contributed by atoms with Gasteiger partial charge in [0.05, 0.1) is 17.8 Å². The summed E-state index contributed by atoms with van der Waals surface area (Å²) in [6, 6.07) is 12.0. The second-order valence-corrected chi connectivity index (χ2v) is 14.9. The Bertz CT molecular complexity index is 1650. The Morgan fingerprint density at radius 2 is 1.18 bits per heavy atom. The number of carbonyl (C=O) groups excluding carboxylic acids is 3. The van der Waals surface area contributed by atoms with Gasteiger partial charge < -0.3 is 24.8 Å². The predicted molar refractivity (Wildman–Crippen MR) is 189 cm³/mol. The highest BCUT2D eigenvalue weighted by Gasteiger charge is 2.51. The standard InChI is InChI=1S/C22H28O5.C19H24O3/c1-4-26-21(25)27-20-19(17-11-14(2)5-6-15(17)3)18(24)12-22(20)9-7-16(13-23)8-10-22;1-12-3-4-13(2)15(9-12)17-16(21)10-19(18(17)22)7-5-14(11-20)6-8-19/h5-6,11,16,23H,4,7-10,12-13H2,1-3H3;3-4,9,14,20,22H,5-8,10-11H2,1-2H3. The van der Waals surface area contributed by atoms with E-state index in [9.17, 15) is 29.7 Å². The Balaban J connectivity index is 0.000000195. The van der Waals surface area contributed by atoms with E-state index in [1.165, 1.54) is 0 Å². The molecule has 0 amide bonds. The van der Waals surface area contributed by atoms with E-state index in [4.69, 9.17) is 9.47 Å². The summed E-state index contributed by atoms with van der Waals surface area (Å²) >= 11 is 0. The zero-order valence-electron chi connectivity index (χ0n) is 29.7. The van der Waals surface area contributed by atoms with Crippen LogP contribution >= 0.6 is 0 Å². The number of ketones is 2. The van der Waals surface area contributed by atoms with E-state index in [0.29, 0.717) is 41.4 Å². The van der Waals surface area contributed by atoms with Crippen LogP contribution in [0.25, 0.3) is 11.1 Å². The molecule has 2 saturated carbocycles. The summed E-state index contributed by atoms with van der Waals surface area (Å²) in [5.74, 6) is 1.41. The molecular weight excluding hydrogens is 620 g/mol. The van der Waals surface area contributed by atoms with E-state index in [1.54, 1.807) is 6.92 Å². The molecule has 4 aliphatic carbocycles. The topological polar surface area (TPSA) is 130 Å². The second kappa shape index (κ2) is 15.0. The van der Waals surface area contributed by atoms with Crippen LogP contribution in [0.1, 0.15) is 105 Å². The van der Waals surface area contributed by atoms with Crippen molar-refractivity contribution in [1.29, 1.82) is 0 Å². The van der Waals surface area contributed by atoms with Crippen molar-refractivity contribution in [2.75, 3.05) is 19.8 Å². The van der Waals surface area contributed by atoms with E-state index in [-0.39, 0.29) is 42.7 Å². The molecular formula is C41H52O8. The van der Waals surface area contributed by atoms with E-state index in [0.717, 1.165) is 84.7 Å². The van der Waals surface area contributed by atoms with Crippen LogP contribution in [0.5, 0.6) is 0 Å². The van der Waals surface area contributed by atoms with Crippen molar-refractivity contribution in [3.05, 3.63) is 81.3 Å². The van der Waals surface area contributed by atoms with Crippen LogP contribution in [0.4, 0.5) is 4.79 Å². The van der Waals surface area contributed by atoms with Gasteiger partial charge in [0.1, 0.15) is 11.5 Å². The molecule has 8 nitrogen and oxygen atoms in total. The molecule has 0 aliphatic heterocycles. The lowest BCUT2D eigenvalue weighted by molar-refractivity contribution is -0.115. The number of hydrogen-bond acceptors (Lipinski definition) is 8. The van der Waals surface area contributed by atoms with Gasteiger partial charge >= 0.3 is 6.16 Å². The second-order valence-electron chi connectivity index (χ2n) is 14.9. The van der Waals surface area contributed by atoms with Gasteiger partial charge in [-0.15, -0.1) is 0 Å². The maximum Gasteiger partial charge on any atom is 0.513 e. The molecule has 0 heterocycles. The van der Waals surface area contributed by atoms with Crippen LogP contribution in [0.15, 0.2) is 47.9 Å². The fraction of sp³-hybridized carbons (Fsp3) is 0.537. The third-order valence-electron chi connectivity index (χ3n) is 11.4. The molecule has 2 aromatic rings. The van der Waals surface area contributed by atoms with Crippen molar-refractivity contribution in [2.24, 2.45) is 22.7 Å². The van der Waals surface area contributed by atoms with Crippen LogP contribution in [0, 0.1) is 50.4 Å². The normalized spacial score (nSPS) is 26.8. The molecule has 2 aromatic carbocycles. The van der Waals surface area contributed by atoms with Crippen molar-refractivity contribution >= 4 is 28.9 Å². The van der Waals surface area contributed by atoms with Gasteiger partial charge in [-0.1, -0.05) is 47.5 Å². The minimum absolute atomic E-state index is 0.0189. The minimum Gasteiger partial charge on any atom is -0.511 e. The van der Waals surface area contributed by atoms with Crippen molar-refractivity contribution in [1.82, 2.24) is 0 Å². The first-order valence-corrected chi connectivity index (χ1v) is 17.8. The van der Waals surface area contributed by atoms with Crippen molar-refractivity contribution in [2.45, 2.75) is 98.8 Å². The smallest absolute Gasteiger partial charge is 0.511 e. The van der Waals surface area contributed by atoms with Crippen molar-refractivity contribution < 1.29 is 39.2 Å². The number of Topliss-reactive ketones (excluding diaryl/α,β-unsaturated/α-hetero) is 2. The quantitative estimate of drug-likeness (QED) is 0.263. The molecule has 2 spiro atoms. The van der Waals surface area contributed by atoms with Gasteiger partial charge in [-0.25, -0.2) is 4.79 Å². The minimum atomic E-state index is -0.756. The average Bonchev–Trinajstić information content (AvgIpc) is 3.47. The van der Waals surface area contributed by atoms with Gasteiger partial charge in [-0.3, -0.25) is 9.59 Å². The summed E-state index contributed by atoms with van der Waals surface area (Å²) < 4.78 is 10.7. The summed E-state index contributed by atoms with van der Waals surface area (Å²) in [5.41, 5.74) is 6.07. The molecule has 264 valence electrons. The van der Waals surface area contributed by atoms with Crippen LogP contribution in [0.3, 0.4) is 0 Å². The summed E-state index contributed by atoms with van der Waals surface area (Å²) in [6.45, 7) is 10.2. The Kier molecular flexibility index (Phi) is 11.2. The number of benzene rings is 2. The molecule has 0 unspecified atom stereocenters. The molecule has 0 saturated heterocycles. The van der Waals surface area contributed by atoms with Crippen LogP contribution in [0.2, 0.25) is 0 Å². The number of rotatable bonds is 6. The molecule has 2 fully saturated rings. The SMILES string of the molecule is CCOC(=O)OC1=C(c2cc(C)ccc2C)C(=O)CC12CCC(CO)CC2.Cc1ccc(C)c(C2=C(O)C3(CCC(CO)CC3)CC2=O)c1. The van der Waals surface area contributed by atoms with Gasteiger partial charge in [-0.05, 0) is 120 Å². The van der Waals surface area contributed by atoms with Gasteiger partial charge in [0.25, 0.3) is 0 Å². The first-order chi connectivity index (χ1) is 23.4. The lowest BCUT2D eigenvalue weighted by Gasteiger charge is -2.37. The van der Waals surface area contributed by atoms with Gasteiger partial charge in [-0.2, -0.15) is 0 Å². The largest absolute Gasteiger partial charge is 0.513 e. The highest BCUT2D eigenvalue weighted by molar-refractivity contribution is 6.25.